The summed E-state index contributed by atoms with van der Waals surface area (Å²) in [5.74, 6) is -3.17. The van der Waals surface area contributed by atoms with Crippen molar-refractivity contribution in [2.75, 3.05) is 63.8 Å². The largest absolute Gasteiger partial charge is 0.474 e. The van der Waals surface area contributed by atoms with Gasteiger partial charge in [-0.1, -0.05) is 20.8 Å². The maximum absolute atomic E-state index is 12.9. The number of pyridine rings is 6. The van der Waals surface area contributed by atoms with Crippen LogP contribution in [0.2, 0.25) is 0 Å². The summed E-state index contributed by atoms with van der Waals surface area (Å²) >= 11 is 0. The Balaban J connectivity index is 0.000000194. The highest BCUT2D eigenvalue weighted by Gasteiger charge is 2.37. The fourth-order valence-corrected chi connectivity index (χ4v) is 9.82. The van der Waals surface area contributed by atoms with Gasteiger partial charge in [0, 0.05) is 24.8 Å². The van der Waals surface area contributed by atoms with Crippen LogP contribution in [-0.4, -0.2) is 112 Å². The molecule has 9 heterocycles. The van der Waals surface area contributed by atoms with Gasteiger partial charge in [0.2, 0.25) is 0 Å². The Morgan fingerprint density at radius 2 is 0.966 bits per heavy atom. The first kappa shape index (κ1) is 68.3. The molecule has 14 N–H and O–H groups in total. The first-order valence-corrected chi connectivity index (χ1v) is 29.3. The van der Waals surface area contributed by atoms with E-state index >= 15 is 0 Å². The van der Waals surface area contributed by atoms with Crippen molar-refractivity contribution in [2.45, 2.75) is 131 Å². The third-order valence-electron chi connectivity index (χ3n) is 14.8. The summed E-state index contributed by atoms with van der Waals surface area (Å²) in [6.45, 7) is 21.0. The number of carbonyl (C=O) groups is 7. The number of carboxylic acid groups (broad SMARTS) is 1. The second-order valence-electron chi connectivity index (χ2n) is 23.7. The Morgan fingerprint density at radius 3 is 1.38 bits per heavy atom. The lowest BCUT2D eigenvalue weighted by Gasteiger charge is -2.37. The number of amides is 6. The Labute approximate surface area is 518 Å². The van der Waals surface area contributed by atoms with Crippen molar-refractivity contribution >= 4 is 87.4 Å². The van der Waals surface area contributed by atoms with E-state index in [1.165, 1.54) is 31.3 Å². The molecular formula is C63H83N17O9. The van der Waals surface area contributed by atoms with Gasteiger partial charge in [0.25, 0.3) is 0 Å². The van der Waals surface area contributed by atoms with E-state index in [9.17, 15) is 33.6 Å². The summed E-state index contributed by atoms with van der Waals surface area (Å²) in [5, 5.41) is 21.9. The number of aryl methyl sites for hydroxylation is 4. The molecule has 3 aliphatic heterocycles. The standard InChI is InChI=1S/C20H25N5O2.C19H24N6O2.C13H17N3O5.C11H17N3/c1-12-4-7-18(17-6-5-15(21)9-23-17)25(11-12)20(27)19(26)24-16-8-13(2)14(3)22-10-16;1-11-3-6-16(15-5-4-13(20)8-22-15)25(10-11)19(27)18(26)24-14-7-12(2)17(21)23-9-14;1-7-5-8(15-10(17)11(18)19)6-14-9(7)16-12(20)21-13(2,3)4;1-8-2-4-10(13-6-8)11-5-3-9(12)7-14-11/h5-6,8-10,12,18H,4,7,11,21H2,1-3H3,(H,24,26);4-5,7-9,11,16H,3,6,10,20H2,1-2H3,(H2,21,23)(H,24,26);5-6H,1-4H3,(H,15,17)(H,18,19)(H,14,16,20);3,5,7-8,10,13H,2,4,6,12H2,1H3/t12-,18+;11-,16+;;8-,10+/m11.1/s1. The zero-order valence-corrected chi connectivity index (χ0v) is 52.1. The zero-order chi connectivity index (χ0) is 65.3. The molecule has 6 atom stereocenters. The molecule has 0 unspecified atom stereocenters. The number of aromatic nitrogens is 6. The maximum Gasteiger partial charge on any atom is 0.413 e. The molecule has 3 fully saturated rings. The molecule has 26 heteroatoms. The molecule has 89 heavy (non-hydrogen) atoms. The summed E-state index contributed by atoms with van der Waals surface area (Å²) in [6, 6.07) is 16.0. The van der Waals surface area contributed by atoms with Gasteiger partial charge in [-0.15, -0.1) is 0 Å². The van der Waals surface area contributed by atoms with Gasteiger partial charge < -0.3 is 63.8 Å². The summed E-state index contributed by atoms with van der Waals surface area (Å²) in [4.78, 5) is 112. The van der Waals surface area contributed by atoms with Gasteiger partial charge in [-0.25, -0.2) is 19.6 Å². The molecule has 6 aromatic rings. The highest BCUT2D eigenvalue weighted by Crippen LogP contribution is 2.35. The average Bonchev–Trinajstić information content (AvgIpc) is 3.03. The minimum Gasteiger partial charge on any atom is -0.474 e. The number of hydrogen-bond donors (Lipinski definition) is 10. The van der Waals surface area contributed by atoms with Crippen LogP contribution in [-0.2, 0) is 33.5 Å². The number of nitrogens with two attached hydrogens (primary N) is 4. The molecule has 3 saturated heterocycles. The molecule has 6 amide bonds. The number of nitrogens with zero attached hydrogens (tertiary/aromatic N) is 8. The molecule has 0 spiro atoms. The van der Waals surface area contributed by atoms with Crippen LogP contribution in [0.3, 0.4) is 0 Å². The lowest BCUT2D eigenvalue weighted by atomic mass is 9.92. The number of nitrogen functional groups attached to an aromatic ring is 4. The molecule has 474 valence electrons. The third-order valence-corrected chi connectivity index (χ3v) is 14.8. The molecule has 9 rings (SSSR count). The summed E-state index contributed by atoms with van der Waals surface area (Å²) in [6.07, 6.45) is 14.4. The van der Waals surface area contributed by atoms with Gasteiger partial charge in [0.05, 0.1) is 100 Å². The molecule has 3 aliphatic rings. The number of carbonyl (C=O) groups excluding carboxylic acids is 6. The van der Waals surface area contributed by atoms with Gasteiger partial charge in [0.15, 0.2) is 0 Å². The van der Waals surface area contributed by atoms with Crippen molar-refractivity contribution in [2.24, 2.45) is 17.8 Å². The van der Waals surface area contributed by atoms with Gasteiger partial charge in [-0.05, 0) is 183 Å². The Kier molecular flexibility index (Phi) is 23.9. The van der Waals surface area contributed by atoms with Crippen molar-refractivity contribution in [1.29, 1.82) is 0 Å². The van der Waals surface area contributed by atoms with Crippen LogP contribution in [0, 0.1) is 45.4 Å². The Hall–Kier alpha value is -9.85. The van der Waals surface area contributed by atoms with E-state index in [-0.39, 0.29) is 23.6 Å². The van der Waals surface area contributed by atoms with Gasteiger partial charge in [-0.2, -0.15) is 0 Å². The molecule has 0 aliphatic carbocycles. The number of likely N-dealkylation sites (tertiary alicyclic amines) is 2. The van der Waals surface area contributed by atoms with Crippen molar-refractivity contribution in [3.8, 4) is 0 Å². The van der Waals surface area contributed by atoms with Crippen LogP contribution >= 0.6 is 0 Å². The number of carboxylic acids is 1. The van der Waals surface area contributed by atoms with E-state index in [1.807, 2.05) is 38.1 Å². The molecular weight excluding hydrogens is 1140 g/mol. The van der Waals surface area contributed by atoms with Crippen molar-refractivity contribution in [3.63, 3.8) is 0 Å². The smallest absolute Gasteiger partial charge is 0.413 e. The van der Waals surface area contributed by atoms with E-state index in [2.05, 4.69) is 77.3 Å². The molecule has 0 saturated carbocycles. The number of rotatable bonds is 7. The molecule has 6 aromatic heterocycles. The number of piperidine rings is 3. The lowest BCUT2D eigenvalue weighted by Crippen LogP contribution is -2.46. The van der Waals surface area contributed by atoms with Gasteiger partial charge >= 0.3 is 41.6 Å². The SMILES string of the molecule is C[C@@H]1CC[C@@H](c2ccc(N)cn2)NC1.Cc1cc(NC(=O)C(=O)N2C[C@H](C)CC[C@H]2c2ccc(N)cn2)cnc1C.Cc1cc(NC(=O)C(=O)N2C[C@H](C)CC[C@H]2c2ccc(N)cn2)cnc1N.Cc1cc(NC(=O)C(=O)O)cnc1NC(=O)OC(C)(C)C. The topological polar surface area (TPSA) is 397 Å². The highest BCUT2D eigenvalue weighted by atomic mass is 16.6. The van der Waals surface area contributed by atoms with E-state index in [0.29, 0.717) is 65.1 Å². The number of hydrogen-bond acceptors (Lipinski definition) is 19. The van der Waals surface area contributed by atoms with Crippen molar-refractivity contribution < 1.29 is 43.4 Å². The van der Waals surface area contributed by atoms with Crippen LogP contribution < -0.4 is 49.5 Å². The zero-order valence-electron chi connectivity index (χ0n) is 52.1. The monoisotopic (exact) mass is 1220 g/mol. The third kappa shape index (κ3) is 20.6. The second kappa shape index (κ2) is 31.2. The van der Waals surface area contributed by atoms with Crippen LogP contribution in [0.5, 0.6) is 0 Å². The van der Waals surface area contributed by atoms with Crippen LogP contribution in [0.1, 0.15) is 138 Å². The van der Waals surface area contributed by atoms with Gasteiger partial charge in [-0.3, -0.25) is 49.2 Å². The number of anilines is 8. The summed E-state index contributed by atoms with van der Waals surface area (Å²) in [5.41, 5.74) is 30.8. The lowest BCUT2D eigenvalue weighted by molar-refractivity contribution is -0.147. The van der Waals surface area contributed by atoms with E-state index in [4.69, 9.17) is 32.8 Å². The first-order valence-electron chi connectivity index (χ1n) is 29.3. The van der Waals surface area contributed by atoms with Crippen LogP contribution in [0.15, 0.2) is 91.8 Å². The summed E-state index contributed by atoms with van der Waals surface area (Å²) < 4.78 is 5.09. The molecule has 26 nitrogen and oxygen atoms in total. The highest BCUT2D eigenvalue weighted by molar-refractivity contribution is 6.40. The predicted molar refractivity (Wildman–Crippen MR) is 340 cm³/mol. The van der Waals surface area contributed by atoms with E-state index in [1.54, 1.807) is 93.5 Å². The van der Waals surface area contributed by atoms with Gasteiger partial charge in [0.1, 0.15) is 17.2 Å². The summed E-state index contributed by atoms with van der Waals surface area (Å²) in [7, 11) is 0. The normalized spacial score (nSPS) is 18.7. The molecule has 0 bridgehead atoms. The fraction of sp³-hybridized carbons (Fsp3) is 0.413. The minimum atomic E-state index is -1.59. The Morgan fingerprint density at radius 1 is 0.528 bits per heavy atom. The van der Waals surface area contributed by atoms with Crippen LogP contribution in [0.25, 0.3) is 0 Å². The van der Waals surface area contributed by atoms with Crippen LogP contribution in [0.4, 0.5) is 50.6 Å². The second-order valence-corrected chi connectivity index (χ2v) is 23.7. The van der Waals surface area contributed by atoms with Crippen molar-refractivity contribution in [3.05, 3.63) is 131 Å². The number of aliphatic carboxylic acids is 1. The van der Waals surface area contributed by atoms with E-state index < -0.39 is 47.2 Å². The van der Waals surface area contributed by atoms with E-state index in [0.717, 1.165) is 77.7 Å². The quantitative estimate of drug-likeness (QED) is 0.0677. The fourth-order valence-electron chi connectivity index (χ4n) is 9.82. The molecule has 0 aromatic carbocycles. The minimum absolute atomic E-state index is 0.217. The first-order chi connectivity index (χ1) is 42.0. The number of nitrogens with one attached hydrogen (secondary N) is 5. The van der Waals surface area contributed by atoms with Crippen molar-refractivity contribution in [1.82, 2.24) is 45.0 Å². The maximum atomic E-state index is 12.9. The predicted octanol–water partition coefficient (Wildman–Crippen LogP) is 7.99. The molecule has 0 radical (unpaired) electrons. The Bertz CT molecular complexity index is 3300. The average molecular weight is 1220 g/mol. The number of ether oxygens (including phenoxy) is 1.